The van der Waals surface area contributed by atoms with Gasteiger partial charge < -0.3 is 5.73 Å². The number of hydrogen-bond donors (Lipinski definition) is 1. The van der Waals surface area contributed by atoms with Crippen molar-refractivity contribution in [3.05, 3.63) is 58.8 Å². The molecule has 88 valence electrons. The summed E-state index contributed by atoms with van der Waals surface area (Å²) in [5.41, 5.74) is 11.0. The van der Waals surface area contributed by atoms with Gasteiger partial charge in [-0.1, -0.05) is 18.2 Å². The summed E-state index contributed by atoms with van der Waals surface area (Å²) in [6.07, 6.45) is 3.82. The van der Waals surface area contributed by atoms with E-state index in [0.29, 0.717) is 5.82 Å². The van der Waals surface area contributed by atoms with Crippen molar-refractivity contribution in [1.82, 2.24) is 4.98 Å². The molecule has 0 fully saturated rings. The topological polar surface area (TPSA) is 38.9 Å². The van der Waals surface area contributed by atoms with Gasteiger partial charge in [-0.25, -0.2) is 4.98 Å². The van der Waals surface area contributed by atoms with Crippen molar-refractivity contribution < 1.29 is 0 Å². The summed E-state index contributed by atoms with van der Waals surface area (Å²) in [6, 6.07) is 10.6. The van der Waals surface area contributed by atoms with E-state index in [4.69, 9.17) is 5.73 Å². The largest absolute Gasteiger partial charge is 0.384 e. The van der Waals surface area contributed by atoms with Crippen LogP contribution in [0.15, 0.2) is 36.5 Å². The zero-order valence-corrected chi connectivity index (χ0v) is 10.4. The van der Waals surface area contributed by atoms with Crippen LogP contribution in [0.1, 0.15) is 22.3 Å². The number of aromatic nitrogens is 1. The van der Waals surface area contributed by atoms with Gasteiger partial charge in [-0.2, -0.15) is 0 Å². The molecule has 1 heterocycles. The minimum Gasteiger partial charge on any atom is -0.384 e. The van der Waals surface area contributed by atoms with E-state index < -0.39 is 0 Å². The lowest BCUT2D eigenvalue weighted by molar-refractivity contribution is 0.953. The SMILES string of the molecule is Cc1ccc(CCc2ccnc(N)c2)cc1C. The lowest BCUT2D eigenvalue weighted by atomic mass is 10.0. The lowest BCUT2D eigenvalue weighted by Gasteiger charge is -2.06. The molecule has 2 N–H and O–H groups in total. The zero-order chi connectivity index (χ0) is 12.3. The fraction of sp³-hybridized carbons (Fsp3) is 0.267. The van der Waals surface area contributed by atoms with Crippen molar-refractivity contribution in [1.29, 1.82) is 0 Å². The fourth-order valence-corrected chi connectivity index (χ4v) is 1.90. The molecule has 17 heavy (non-hydrogen) atoms. The van der Waals surface area contributed by atoms with Gasteiger partial charge in [0.2, 0.25) is 0 Å². The van der Waals surface area contributed by atoms with Gasteiger partial charge in [-0.15, -0.1) is 0 Å². The second kappa shape index (κ2) is 5.00. The van der Waals surface area contributed by atoms with Crippen molar-refractivity contribution in [3.8, 4) is 0 Å². The predicted octanol–water partition coefficient (Wildman–Crippen LogP) is 3.07. The number of anilines is 1. The van der Waals surface area contributed by atoms with Gasteiger partial charge in [0.1, 0.15) is 5.82 Å². The monoisotopic (exact) mass is 226 g/mol. The Labute approximate surface area is 103 Å². The standard InChI is InChI=1S/C15H18N2/c1-11-3-4-13(9-12(11)2)5-6-14-7-8-17-15(16)10-14/h3-4,7-10H,5-6H2,1-2H3,(H2,16,17). The molecule has 0 aliphatic carbocycles. The van der Waals surface area contributed by atoms with Crippen LogP contribution >= 0.6 is 0 Å². The van der Waals surface area contributed by atoms with Crippen LogP contribution in [0.2, 0.25) is 0 Å². The van der Waals surface area contributed by atoms with E-state index in [2.05, 4.69) is 37.0 Å². The van der Waals surface area contributed by atoms with Crippen LogP contribution in [0.25, 0.3) is 0 Å². The first kappa shape index (κ1) is 11.6. The van der Waals surface area contributed by atoms with Crippen LogP contribution in [0.3, 0.4) is 0 Å². The Morgan fingerprint density at radius 1 is 0.941 bits per heavy atom. The first-order valence-corrected chi connectivity index (χ1v) is 5.91. The summed E-state index contributed by atoms with van der Waals surface area (Å²) in [6.45, 7) is 4.30. The molecule has 2 aromatic rings. The number of rotatable bonds is 3. The number of nitrogens with two attached hydrogens (primary N) is 1. The summed E-state index contributed by atoms with van der Waals surface area (Å²) >= 11 is 0. The molecule has 1 aromatic heterocycles. The molecule has 0 unspecified atom stereocenters. The Morgan fingerprint density at radius 2 is 1.65 bits per heavy atom. The van der Waals surface area contributed by atoms with E-state index in [1.807, 2.05) is 12.1 Å². The molecule has 0 radical (unpaired) electrons. The number of nitrogens with zero attached hydrogens (tertiary/aromatic N) is 1. The third kappa shape index (κ3) is 3.06. The summed E-state index contributed by atoms with van der Waals surface area (Å²) in [7, 11) is 0. The lowest BCUT2D eigenvalue weighted by Crippen LogP contribution is -1.95. The number of benzene rings is 1. The van der Waals surface area contributed by atoms with Gasteiger partial charge >= 0.3 is 0 Å². The molecule has 0 saturated carbocycles. The van der Waals surface area contributed by atoms with E-state index >= 15 is 0 Å². The average Bonchev–Trinajstić information content (AvgIpc) is 2.31. The highest BCUT2D eigenvalue weighted by Crippen LogP contribution is 2.13. The predicted molar refractivity (Wildman–Crippen MR) is 72.0 cm³/mol. The van der Waals surface area contributed by atoms with Crippen LogP contribution in [0.5, 0.6) is 0 Å². The number of nitrogen functional groups attached to an aromatic ring is 1. The summed E-state index contributed by atoms with van der Waals surface area (Å²) in [4.78, 5) is 4.00. The molecular weight excluding hydrogens is 208 g/mol. The van der Waals surface area contributed by atoms with Crippen molar-refractivity contribution >= 4 is 5.82 Å². The highest BCUT2D eigenvalue weighted by Gasteiger charge is 1.99. The van der Waals surface area contributed by atoms with Crippen molar-refractivity contribution in [2.75, 3.05) is 5.73 Å². The molecule has 0 aliphatic heterocycles. The van der Waals surface area contributed by atoms with Crippen LogP contribution < -0.4 is 5.73 Å². The highest BCUT2D eigenvalue weighted by atomic mass is 14.8. The molecule has 1 aromatic carbocycles. The molecule has 0 aliphatic rings. The third-order valence-electron chi connectivity index (χ3n) is 3.12. The Hall–Kier alpha value is -1.83. The van der Waals surface area contributed by atoms with Gasteiger partial charge in [0, 0.05) is 6.20 Å². The molecule has 0 saturated heterocycles. The molecule has 0 spiro atoms. The maximum atomic E-state index is 5.66. The zero-order valence-electron chi connectivity index (χ0n) is 10.4. The van der Waals surface area contributed by atoms with Crippen molar-refractivity contribution in [2.45, 2.75) is 26.7 Å². The van der Waals surface area contributed by atoms with E-state index in [-0.39, 0.29) is 0 Å². The Bertz CT molecular complexity index is 518. The molecule has 0 amide bonds. The van der Waals surface area contributed by atoms with Gasteiger partial charge in [0.05, 0.1) is 0 Å². The fourth-order valence-electron chi connectivity index (χ4n) is 1.90. The minimum absolute atomic E-state index is 0.600. The van der Waals surface area contributed by atoms with Crippen LogP contribution in [-0.2, 0) is 12.8 Å². The number of hydrogen-bond acceptors (Lipinski definition) is 2. The molecule has 0 bridgehead atoms. The van der Waals surface area contributed by atoms with Crippen molar-refractivity contribution in [2.24, 2.45) is 0 Å². The molecule has 2 rings (SSSR count). The van der Waals surface area contributed by atoms with Gasteiger partial charge in [-0.05, 0) is 61.1 Å². The van der Waals surface area contributed by atoms with Crippen LogP contribution in [0, 0.1) is 13.8 Å². The Kier molecular flexibility index (Phi) is 3.43. The minimum atomic E-state index is 0.600. The maximum absolute atomic E-state index is 5.66. The van der Waals surface area contributed by atoms with Crippen molar-refractivity contribution in [3.63, 3.8) is 0 Å². The van der Waals surface area contributed by atoms with Crippen LogP contribution in [-0.4, -0.2) is 4.98 Å². The first-order valence-electron chi connectivity index (χ1n) is 5.91. The number of pyridine rings is 1. The highest BCUT2D eigenvalue weighted by molar-refractivity contribution is 5.33. The van der Waals surface area contributed by atoms with Gasteiger partial charge in [0.25, 0.3) is 0 Å². The van der Waals surface area contributed by atoms with E-state index in [1.54, 1.807) is 6.20 Å². The summed E-state index contributed by atoms with van der Waals surface area (Å²) in [5.74, 6) is 0.600. The second-order valence-corrected chi connectivity index (χ2v) is 4.51. The third-order valence-corrected chi connectivity index (χ3v) is 3.12. The van der Waals surface area contributed by atoms with E-state index in [0.717, 1.165) is 12.8 Å². The molecule has 0 atom stereocenters. The summed E-state index contributed by atoms with van der Waals surface area (Å²) < 4.78 is 0. The first-order chi connectivity index (χ1) is 8.15. The smallest absolute Gasteiger partial charge is 0.123 e. The Balaban J connectivity index is 2.05. The van der Waals surface area contributed by atoms with Gasteiger partial charge in [-0.3, -0.25) is 0 Å². The Morgan fingerprint density at radius 3 is 2.29 bits per heavy atom. The quantitative estimate of drug-likeness (QED) is 0.873. The second-order valence-electron chi connectivity index (χ2n) is 4.51. The van der Waals surface area contributed by atoms with Crippen LogP contribution in [0.4, 0.5) is 5.82 Å². The maximum Gasteiger partial charge on any atom is 0.123 e. The van der Waals surface area contributed by atoms with Gasteiger partial charge in [0.15, 0.2) is 0 Å². The molecule has 2 nitrogen and oxygen atoms in total. The van der Waals surface area contributed by atoms with E-state index in [9.17, 15) is 0 Å². The molecule has 2 heteroatoms. The molecular formula is C15H18N2. The van der Waals surface area contributed by atoms with E-state index in [1.165, 1.54) is 22.3 Å². The normalized spacial score (nSPS) is 10.5. The average molecular weight is 226 g/mol. The summed E-state index contributed by atoms with van der Waals surface area (Å²) in [5, 5.41) is 0. The number of aryl methyl sites for hydroxylation is 4.